The van der Waals surface area contributed by atoms with Crippen LogP contribution in [0, 0.1) is 0 Å². The van der Waals surface area contributed by atoms with Gasteiger partial charge in [0.15, 0.2) is 5.79 Å². The first-order valence-electron chi connectivity index (χ1n) is 5.44. The summed E-state index contributed by atoms with van der Waals surface area (Å²) >= 11 is 0. The van der Waals surface area contributed by atoms with Gasteiger partial charge in [0, 0.05) is 11.5 Å². The highest BCUT2D eigenvalue weighted by atomic mass is 16.7. The predicted octanol–water partition coefficient (Wildman–Crippen LogP) is 2.37. The number of hydrogen-bond acceptors (Lipinski definition) is 3. The normalized spacial score (nSPS) is 20.6. The Morgan fingerprint density at radius 1 is 1.19 bits per heavy atom. The molecule has 1 saturated heterocycles. The predicted molar refractivity (Wildman–Crippen MR) is 60.6 cm³/mol. The Hall–Kier alpha value is -1.19. The van der Waals surface area contributed by atoms with Crippen molar-refractivity contribution in [3.63, 3.8) is 0 Å². The summed E-state index contributed by atoms with van der Waals surface area (Å²) in [7, 11) is 0. The van der Waals surface area contributed by atoms with Gasteiger partial charge >= 0.3 is 0 Å². The van der Waals surface area contributed by atoms with E-state index in [1.54, 1.807) is 0 Å². The number of aldehydes is 1. The van der Waals surface area contributed by atoms with Gasteiger partial charge in [-0.2, -0.15) is 0 Å². The summed E-state index contributed by atoms with van der Waals surface area (Å²) < 4.78 is 11.2. The number of rotatable bonds is 2. The minimum Gasteiger partial charge on any atom is -0.350 e. The molecule has 0 saturated carbocycles. The molecule has 0 amide bonds. The van der Waals surface area contributed by atoms with Gasteiger partial charge in [0.1, 0.15) is 6.29 Å². The first-order valence-corrected chi connectivity index (χ1v) is 5.44. The summed E-state index contributed by atoms with van der Waals surface area (Å²) in [5.74, 6) is -0.215. The van der Waals surface area contributed by atoms with E-state index in [4.69, 9.17) is 9.47 Å². The highest BCUT2D eigenvalue weighted by Gasteiger charge is 2.28. The molecule has 0 spiro atoms. The summed E-state index contributed by atoms with van der Waals surface area (Å²) in [6.45, 7) is 5.15. The van der Waals surface area contributed by atoms with Crippen LogP contribution in [0.1, 0.15) is 35.7 Å². The van der Waals surface area contributed by atoms with E-state index >= 15 is 0 Å². The lowest BCUT2D eigenvalue weighted by atomic mass is 9.99. The summed E-state index contributed by atoms with van der Waals surface area (Å²) in [4.78, 5) is 10.5. The summed E-state index contributed by atoms with van der Waals surface area (Å²) in [6, 6.07) is 7.56. The van der Waals surface area contributed by atoms with E-state index in [1.165, 1.54) is 0 Å². The molecular formula is C13H16O3. The first-order chi connectivity index (χ1) is 7.61. The van der Waals surface area contributed by atoms with Gasteiger partial charge in [-0.3, -0.25) is 4.79 Å². The second kappa shape index (κ2) is 4.36. The summed E-state index contributed by atoms with van der Waals surface area (Å²) in [5, 5.41) is 0. The Morgan fingerprint density at radius 3 is 2.25 bits per heavy atom. The number of hydrogen-bond donors (Lipinski definition) is 0. The molecule has 1 aromatic carbocycles. The van der Waals surface area contributed by atoms with Crippen molar-refractivity contribution < 1.29 is 14.3 Å². The Bertz CT molecular complexity index is 357. The lowest BCUT2D eigenvalue weighted by Gasteiger charge is -2.35. The minimum absolute atomic E-state index is 0.258. The fraction of sp³-hybridized carbons (Fsp3) is 0.462. The third-order valence-corrected chi connectivity index (χ3v) is 2.81. The van der Waals surface area contributed by atoms with Crippen molar-refractivity contribution in [1.29, 1.82) is 0 Å². The number of benzene rings is 1. The molecule has 86 valence electrons. The fourth-order valence-electron chi connectivity index (χ4n) is 1.73. The van der Waals surface area contributed by atoms with Crippen molar-refractivity contribution in [2.75, 3.05) is 13.2 Å². The zero-order valence-electron chi connectivity index (χ0n) is 9.60. The first kappa shape index (κ1) is 11.3. The molecule has 1 aromatic rings. The van der Waals surface area contributed by atoms with Crippen LogP contribution in [0.4, 0.5) is 0 Å². The second-order valence-corrected chi connectivity index (χ2v) is 4.50. The van der Waals surface area contributed by atoms with E-state index in [2.05, 4.69) is 0 Å². The molecular weight excluding hydrogens is 204 g/mol. The molecule has 3 nitrogen and oxygen atoms in total. The maximum absolute atomic E-state index is 10.5. The summed E-state index contributed by atoms with van der Waals surface area (Å²) in [5.41, 5.74) is 1.85. The molecule has 1 fully saturated rings. The number of carbonyl (C=O) groups excluding carboxylic acids is 1. The van der Waals surface area contributed by atoms with Crippen LogP contribution in [0.15, 0.2) is 24.3 Å². The van der Waals surface area contributed by atoms with Crippen LogP contribution in [0.5, 0.6) is 0 Å². The SMILES string of the molecule is CC1(C)OCC(c2ccc(C=O)cc2)CO1. The maximum atomic E-state index is 10.5. The maximum Gasteiger partial charge on any atom is 0.162 e. The Kier molecular flexibility index (Phi) is 3.08. The van der Waals surface area contributed by atoms with Gasteiger partial charge in [0.05, 0.1) is 13.2 Å². The highest BCUT2D eigenvalue weighted by Crippen LogP contribution is 2.27. The molecule has 0 radical (unpaired) electrons. The molecule has 3 heteroatoms. The fourth-order valence-corrected chi connectivity index (χ4v) is 1.73. The van der Waals surface area contributed by atoms with Gasteiger partial charge in [-0.05, 0) is 19.4 Å². The number of carbonyl (C=O) groups is 1. The van der Waals surface area contributed by atoms with E-state index in [-0.39, 0.29) is 5.92 Å². The molecule has 0 aliphatic carbocycles. The Balaban J connectivity index is 2.05. The zero-order chi connectivity index (χ0) is 11.6. The van der Waals surface area contributed by atoms with Crippen molar-refractivity contribution >= 4 is 6.29 Å². The van der Waals surface area contributed by atoms with Crippen molar-refractivity contribution in [3.05, 3.63) is 35.4 Å². The van der Waals surface area contributed by atoms with E-state index < -0.39 is 5.79 Å². The van der Waals surface area contributed by atoms with Crippen LogP contribution >= 0.6 is 0 Å². The molecule has 0 unspecified atom stereocenters. The third-order valence-electron chi connectivity index (χ3n) is 2.81. The molecule has 1 aliphatic heterocycles. The molecule has 0 aromatic heterocycles. The Morgan fingerprint density at radius 2 is 1.75 bits per heavy atom. The van der Waals surface area contributed by atoms with Gasteiger partial charge in [-0.15, -0.1) is 0 Å². The highest BCUT2D eigenvalue weighted by molar-refractivity contribution is 5.74. The minimum atomic E-state index is -0.473. The quantitative estimate of drug-likeness (QED) is 0.718. The van der Waals surface area contributed by atoms with E-state index in [9.17, 15) is 4.79 Å². The standard InChI is InChI=1S/C13H16O3/c1-13(2)15-8-12(9-16-13)11-5-3-10(7-14)4-6-11/h3-7,12H,8-9H2,1-2H3. The van der Waals surface area contributed by atoms with Crippen LogP contribution in [0.25, 0.3) is 0 Å². The molecule has 1 heterocycles. The second-order valence-electron chi connectivity index (χ2n) is 4.50. The molecule has 2 rings (SSSR count). The van der Waals surface area contributed by atoms with Crippen LogP contribution in [-0.4, -0.2) is 25.3 Å². The van der Waals surface area contributed by atoms with Crippen LogP contribution in [0.3, 0.4) is 0 Å². The monoisotopic (exact) mass is 220 g/mol. The van der Waals surface area contributed by atoms with Gasteiger partial charge < -0.3 is 9.47 Å². The van der Waals surface area contributed by atoms with Gasteiger partial charge in [0.25, 0.3) is 0 Å². The van der Waals surface area contributed by atoms with Gasteiger partial charge in [-0.25, -0.2) is 0 Å². The summed E-state index contributed by atoms with van der Waals surface area (Å²) in [6.07, 6.45) is 0.848. The van der Waals surface area contributed by atoms with Crippen molar-refractivity contribution in [3.8, 4) is 0 Å². The largest absolute Gasteiger partial charge is 0.350 e. The smallest absolute Gasteiger partial charge is 0.162 e. The Labute approximate surface area is 95.4 Å². The average Bonchev–Trinajstić information content (AvgIpc) is 2.29. The van der Waals surface area contributed by atoms with E-state index in [0.29, 0.717) is 18.8 Å². The average molecular weight is 220 g/mol. The van der Waals surface area contributed by atoms with Crippen LogP contribution in [-0.2, 0) is 9.47 Å². The molecule has 0 atom stereocenters. The van der Waals surface area contributed by atoms with Crippen molar-refractivity contribution in [1.82, 2.24) is 0 Å². The topological polar surface area (TPSA) is 35.5 Å². The van der Waals surface area contributed by atoms with Gasteiger partial charge in [0.2, 0.25) is 0 Å². The van der Waals surface area contributed by atoms with Crippen molar-refractivity contribution in [2.24, 2.45) is 0 Å². The van der Waals surface area contributed by atoms with Crippen LogP contribution < -0.4 is 0 Å². The molecule has 0 bridgehead atoms. The van der Waals surface area contributed by atoms with E-state index in [0.717, 1.165) is 11.8 Å². The molecule has 1 aliphatic rings. The lowest BCUT2D eigenvalue weighted by Crippen LogP contribution is -2.38. The van der Waals surface area contributed by atoms with E-state index in [1.807, 2.05) is 38.1 Å². The third kappa shape index (κ3) is 2.49. The van der Waals surface area contributed by atoms with Crippen molar-refractivity contribution in [2.45, 2.75) is 25.6 Å². The zero-order valence-corrected chi connectivity index (χ0v) is 9.60. The van der Waals surface area contributed by atoms with Gasteiger partial charge in [-0.1, -0.05) is 24.3 Å². The number of ether oxygens (including phenoxy) is 2. The molecule has 16 heavy (non-hydrogen) atoms. The van der Waals surface area contributed by atoms with Crippen LogP contribution in [0.2, 0.25) is 0 Å². The lowest BCUT2D eigenvalue weighted by molar-refractivity contribution is -0.251. The molecule has 0 N–H and O–H groups in total.